The SMILES string of the molecule is CC[C@H](Sc1nnc(NC(=O)[C@H]2CC(=O)N(c3ccccc3)C2)s1)C(=O)[O-]. The van der Waals surface area contributed by atoms with Crippen molar-refractivity contribution in [1.29, 1.82) is 0 Å². The van der Waals surface area contributed by atoms with E-state index in [-0.39, 0.29) is 23.4 Å². The lowest BCUT2D eigenvalue weighted by Crippen LogP contribution is -2.32. The zero-order chi connectivity index (χ0) is 19.4. The first-order chi connectivity index (χ1) is 13.0. The van der Waals surface area contributed by atoms with Crippen LogP contribution >= 0.6 is 23.1 Å². The number of aromatic nitrogens is 2. The average molecular weight is 405 g/mol. The molecule has 0 spiro atoms. The Bertz CT molecular complexity index is 842. The third-order valence-electron chi connectivity index (χ3n) is 4.08. The Morgan fingerprint density at radius 2 is 2.11 bits per heavy atom. The van der Waals surface area contributed by atoms with Gasteiger partial charge in [0.1, 0.15) is 0 Å². The second-order valence-corrected chi connectivity index (χ2v) is 8.36. The van der Waals surface area contributed by atoms with E-state index in [1.54, 1.807) is 11.8 Å². The largest absolute Gasteiger partial charge is 0.549 e. The number of amides is 2. The Hall–Kier alpha value is -2.46. The van der Waals surface area contributed by atoms with E-state index in [1.165, 1.54) is 0 Å². The van der Waals surface area contributed by atoms with Gasteiger partial charge in [-0.25, -0.2) is 0 Å². The number of benzene rings is 1. The number of anilines is 2. The van der Waals surface area contributed by atoms with Crippen molar-refractivity contribution >= 4 is 51.7 Å². The fraction of sp³-hybridized carbons (Fsp3) is 0.353. The molecule has 1 aliphatic heterocycles. The molecule has 2 amide bonds. The molecule has 1 aromatic heterocycles. The second kappa shape index (κ2) is 8.49. The van der Waals surface area contributed by atoms with E-state index < -0.39 is 17.1 Å². The smallest absolute Gasteiger partial charge is 0.231 e. The van der Waals surface area contributed by atoms with Crippen molar-refractivity contribution in [3.63, 3.8) is 0 Å². The summed E-state index contributed by atoms with van der Waals surface area (Å²) in [5, 5.41) is 21.0. The number of hydrogen-bond acceptors (Lipinski definition) is 8. The summed E-state index contributed by atoms with van der Waals surface area (Å²) in [7, 11) is 0. The molecule has 142 valence electrons. The number of nitrogens with one attached hydrogen (secondary N) is 1. The molecule has 0 bridgehead atoms. The highest BCUT2D eigenvalue weighted by Gasteiger charge is 2.35. The molecule has 10 heteroatoms. The summed E-state index contributed by atoms with van der Waals surface area (Å²) in [5.74, 6) is -2.05. The third-order valence-corrected chi connectivity index (χ3v) is 6.34. The Labute approximate surface area is 164 Å². The Balaban J connectivity index is 1.60. The van der Waals surface area contributed by atoms with E-state index in [0.717, 1.165) is 28.8 Å². The third kappa shape index (κ3) is 4.64. The van der Waals surface area contributed by atoms with Gasteiger partial charge >= 0.3 is 0 Å². The molecule has 2 aromatic rings. The summed E-state index contributed by atoms with van der Waals surface area (Å²) >= 11 is 2.14. The van der Waals surface area contributed by atoms with Gasteiger partial charge in [0, 0.05) is 18.7 Å². The van der Waals surface area contributed by atoms with Gasteiger partial charge in [-0.1, -0.05) is 48.2 Å². The lowest BCUT2D eigenvalue weighted by molar-refractivity contribution is -0.304. The standard InChI is InChI=1S/C17H18N4O4S2/c1-2-12(15(24)25)26-17-20-19-16(27-17)18-14(23)10-8-13(22)21(9-10)11-6-4-3-5-7-11/h3-7,10,12H,2,8-9H2,1H3,(H,24,25)(H,18,19,23)/p-1/t10-,12-/m0/s1. The van der Waals surface area contributed by atoms with Crippen molar-refractivity contribution in [2.24, 2.45) is 5.92 Å². The summed E-state index contributed by atoms with van der Waals surface area (Å²) in [6, 6.07) is 9.20. The van der Waals surface area contributed by atoms with Crippen LogP contribution in [-0.4, -0.2) is 39.8 Å². The van der Waals surface area contributed by atoms with E-state index in [4.69, 9.17) is 0 Å². The average Bonchev–Trinajstić information content (AvgIpc) is 3.26. The molecule has 1 saturated heterocycles. The first kappa shape index (κ1) is 19.3. The van der Waals surface area contributed by atoms with Crippen LogP contribution < -0.4 is 15.3 Å². The van der Waals surface area contributed by atoms with Gasteiger partial charge in [-0.2, -0.15) is 0 Å². The Morgan fingerprint density at radius 3 is 2.78 bits per heavy atom. The molecular formula is C17H17N4O4S2-. The molecule has 1 fully saturated rings. The van der Waals surface area contributed by atoms with E-state index in [9.17, 15) is 19.5 Å². The maximum Gasteiger partial charge on any atom is 0.231 e. The first-order valence-electron chi connectivity index (χ1n) is 8.35. The van der Waals surface area contributed by atoms with Crippen LogP contribution in [0.5, 0.6) is 0 Å². The zero-order valence-electron chi connectivity index (χ0n) is 14.5. The van der Waals surface area contributed by atoms with Crippen molar-refractivity contribution in [2.45, 2.75) is 29.4 Å². The molecule has 0 radical (unpaired) electrons. The second-order valence-electron chi connectivity index (χ2n) is 5.94. The quantitative estimate of drug-likeness (QED) is 0.543. The fourth-order valence-electron chi connectivity index (χ4n) is 2.68. The molecule has 0 unspecified atom stereocenters. The number of carboxylic acid groups (broad SMARTS) is 1. The molecule has 0 aliphatic carbocycles. The number of nitrogens with zero attached hydrogens (tertiary/aromatic N) is 3. The summed E-state index contributed by atoms with van der Waals surface area (Å²) < 4.78 is 0.440. The molecule has 1 N–H and O–H groups in total. The predicted octanol–water partition coefficient (Wildman–Crippen LogP) is 1.15. The minimum absolute atomic E-state index is 0.102. The first-order valence-corrected chi connectivity index (χ1v) is 10.0. The maximum absolute atomic E-state index is 12.5. The minimum atomic E-state index is -1.16. The summed E-state index contributed by atoms with van der Waals surface area (Å²) in [5.41, 5.74) is 0.764. The normalized spacial score (nSPS) is 17.7. The van der Waals surface area contributed by atoms with E-state index in [2.05, 4.69) is 15.5 Å². The van der Waals surface area contributed by atoms with Crippen molar-refractivity contribution in [1.82, 2.24) is 10.2 Å². The fourth-order valence-corrected chi connectivity index (χ4v) is 4.53. The number of para-hydroxylation sites is 1. The predicted molar refractivity (Wildman–Crippen MR) is 100 cm³/mol. The van der Waals surface area contributed by atoms with Gasteiger partial charge in [0.05, 0.1) is 17.1 Å². The number of carboxylic acids is 1. The van der Waals surface area contributed by atoms with Gasteiger partial charge in [0.15, 0.2) is 4.34 Å². The van der Waals surface area contributed by atoms with Crippen LogP contribution in [0.15, 0.2) is 34.7 Å². The van der Waals surface area contributed by atoms with E-state index in [1.807, 2.05) is 30.3 Å². The topological polar surface area (TPSA) is 115 Å². The van der Waals surface area contributed by atoms with Crippen molar-refractivity contribution in [2.75, 3.05) is 16.8 Å². The monoisotopic (exact) mass is 405 g/mol. The van der Waals surface area contributed by atoms with Crippen molar-refractivity contribution < 1.29 is 19.5 Å². The number of carbonyl (C=O) groups excluding carboxylic acids is 3. The molecule has 8 nitrogen and oxygen atoms in total. The molecule has 2 heterocycles. The lowest BCUT2D eigenvalue weighted by Gasteiger charge is -2.16. The summed E-state index contributed by atoms with van der Waals surface area (Å²) in [4.78, 5) is 37.3. The molecule has 1 aromatic carbocycles. The van der Waals surface area contributed by atoms with Gasteiger partial charge < -0.3 is 20.1 Å². The van der Waals surface area contributed by atoms with Gasteiger partial charge in [-0.15, -0.1) is 10.2 Å². The number of thioether (sulfide) groups is 1. The van der Waals surface area contributed by atoms with Gasteiger partial charge in [0.2, 0.25) is 16.9 Å². The highest BCUT2D eigenvalue weighted by atomic mass is 32.2. The van der Waals surface area contributed by atoms with Crippen LogP contribution in [-0.2, 0) is 14.4 Å². The van der Waals surface area contributed by atoms with Crippen LogP contribution in [0.3, 0.4) is 0 Å². The number of carbonyl (C=O) groups is 3. The van der Waals surface area contributed by atoms with E-state index >= 15 is 0 Å². The van der Waals surface area contributed by atoms with Crippen LogP contribution in [0.4, 0.5) is 10.8 Å². The van der Waals surface area contributed by atoms with Crippen LogP contribution in [0, 0.1) is 5.92 Å². The number of rotatable bonds is 7. The lowest BCUT2D eigenvalue weighted by atomic mass is 10.1. The molecule has 2 atom stereocenters. The molecule has 27 heavy (non-hydrogen) atoms. The van der Waals surface area contributed by atoms with E-state index in [0.29, 0.717) is 17.3 Å². The summed E-state index contributed by atoms with van der Waals surface area (Å²) in [6.45, 7) is 2.05. The van der Waals surface area contributed by atoms with Crippen LogP contribution in [0.25, 0.3) is 0 Å². The Kier molecular flexibility index (Phi) is 6.07. The van der Waals surface area contributed by atoms with Gasteiger partial charge in [-0.3, -0.25) is 9.59 Å². The molecule has 0 saturated carbocycles. The van der Waals surface area contributed by atoms with Crippen molar-refractivity contribution in [3.05, 3.63) is 30.3 Å². The summed E-state index contributed by atoms with van der Waals surface area (Å²) in [6.07, 6.45) is 0.525. The van der Waals surface area contributed by atoms with Gasteiger partial charge in [-0.05, 0) is 18.6 Å². The minimum Gasteiger partial charge on any atom is -0.549 e. The van der Waals surface area contributed by atoms with Crippen molar-refractivity contribution in [3.8, 4) is 0 Å². The Morgan fingerprint density at radius 1 is 1.37 bits per heavy atom. The highest BCUT2D eigenvalue weighted by Crippen LogP contribution is 2.31. The van der Waals surface area contributed by atoms with Crippen LogP contribution in [0.2, 0.25) is 0 Å². The molecule has 3 rings (SSSR count). The number of hydrogen-bond donors (Lipinski definition) is 1. The number of aliphatic carboxylic acids is 1. The maximum atomic E-state index is 12.5. The molecular weight excluding hydrogens is 388 g/mol. The van der Waals surface area contributed by atoms with Crippen LogP contribution in [0.1, 0.15) is 19.8 Å². The molecule has 1 aliphatic rings. The van der Waals surface area contributed by atoms with Gasteiger partial charge in [0.25, 0.3) is 0 Å². The zero-order valence-corrected chi connectivity index (χ0v) is 16.1. The highest BCUT2D eigenvalue weighted by molar-refractivity contribution is 8.02.